The number of halogens is 1. The number of ether oxygens (including phenoxy) is 1. The Bertz CT molecular complexity index is 1260. The number of fused-ring (bicyclic) bond motifs is 1. The number of hydrogen-bond acceptors (Lipinski definition) is 8. The summed E-state index contributed by atoms with van der Waals surface area (Å²) in [6, 6.07) is 14.3. The fraction of sp³-hybridized carbons (Fsp3) is 0.250. The van der Waals surface area contributed by atoms with Gasteiger partial charge in [0, 0.05) is 38.3 Å². The van der Waals surface area contributed by atoms with Crippen LogP contribution in [0.5, 0.6) is 11.6 Å². The lowest BCUT2D eigenvalue weighted by molar-refractivity contribution is 0.198. The molecule has 0 amide bonds. The van der Waals surface area contributed by atoms with Crippen molar-refractivity contribution in [2.24, 2.45) is 0 Å². The summed E-state index contributed by atoms with van der Waals surface area (Å²) in [7, 11) is 0. The van der Waals surface area contributed by atoms with Gasteiger partial charge in [0.25, 0.3) is 0 Å². The Morgan fingerprint density at radius 2 is 1.79 bits per heavy atom. The Morgan fingerprint density at radius 3 is 2.58 bits per heavy atom. The van der Waals surface area contributed by atoms with Crippen molar-refractivity contribution in [1.29, 1.82) is 0 Å². The molecule has 0 bridgehead atoms. The van der Waals surface area contributed by atoms with Crippen molar-refractivity contribution in [2.75, 3.05) is 36.8 Å². The van der Waals surface area contributed by atoms with E-state index in [0.717, 1.165) is 37.6 Å². The van der Waals surface area contributed by atoms with Crippen LogP contribution in [0.2, 0.25) is 0 Å². The molecule has 0 radical (unpaired) electrons. The zero-order chi connectivity index (χ0) is 22.8. The summed E-state index contributed by atoms with van der Waals surface area (Å²) >= 11 is 0. The van der Waals surface area contributed by atoms with Gasteiger partial charge in [-0.15, -0.1) is 0 Å². The molecule has 8 nitrogen and oxygen atoms in total. The Balaban J connectivity index is 1.28. The Morgan fingerprint density at radius 1 is 1.00 bits per heavy atom. The highest BCUT2D eigenvalue weighted by molar-refractivity contribution is 5.82. The molecule has 1 fully saturated rings. The lowest BCUT2D eigenvalue weighted by Crippen LogP contribution is -2.47. The predicted octanol–water partition coefficient (Wildman–Crippen LogP) is 3.82. The van der Waals surface area contributed by atoms with E-state index >= 15 is 0 Å². The number of para-hydroxylation sites is 1. The molecule has 5 rings (SSSR count). The first-order valence-corrected chi connectivity index (χ1v) is 10.8. The summed E-state index contributed by atoms with van der Waals surface area (Å²) in [5.74, 6) is 1.89. The van der Waals surface area contributed by atoms with E-state index in [1.165, 1.54) is 24.7 Å². The highest BCUT2D eigenvalue weighted by Gasteiger charge is 2.23. The fourth-order valence-corrected chi connectivity index (χ4v) is 4.07. The summed E-state index contributed by atoms with van der Waals surface area (Å²) in [5, 5.41) is 0. The minimum absolute atomic E-state index is 0.212. The summed E-state index contributed by atoms with van der Waals surface area (Å²) in [6.45, 7) is 5.53. The molecular formula is C24H24FN7O. The molecule has 4 aromatic rings. The molecule has 1 aliphatic heterocycles. The first-order valence-electron chi connectivity index (χ1n) is 10.8. The van der Waals surface area contributed by atoms with Gasteiger partial charge in [0.2, 0.25) is 5.88 Å². The molecule has 0 spiro atoms. The minimum atomic E-state index is -0.212. The van der Waals surface area contributed by atoms with Crippen LogP contribution in [-0.4, -0.2) is 51.0 Å². The molecule has 0 saturated carbocycles. The van der Waals surface area contributed by atoms with E-state index in [4.69, 9.17) is 10.5 Å². The largest absolute Gasteiger partial charge is 0.436 e. The second-order valence-electron chi connectivity index (χ2n) is 7.99. The van der Waals surface area contributed by atoms with Crippen molar-refractivity contribution in [3.8, 4) is 11.6 Å². The van der Waals surface area contributed by atoms with Gasteiger partial charge in [-0.05, 0) is 36.8 Å². The van der Waals surface area contributed by atoms with Crippen LogP contribution in [0.15, 0.2) is 61.1 Å². The van der Waals surface area contributed by atoms with Crippen molar-refractivity contribution < 1.29 is 9.13 Å². The number of piperazine rings is 1. The van der Waals surface area contributed by atoms with Crippen molar-refractivity contribution in [2.45, 2.75) is 13.0 Å². The Hall–Kier alpha value is -3.85. The van der Waals surface area contributed by atoms with Gasteiger partial charge in [-0.3, -0.25) is 9.88 Å². The minimum Gasteiger partial charge on any atom is -0.436 e. The van der Waals surface area contributed by atoms with Crippen molar-refractivity contribution in [1.82, 2.24) is 24.8 Å². The monoisotopic (exact) mass is 445 g/mol. The Labute approximate surface area is 190 Å². The third kappa shape index (κ3) is 4.54. The molecular weight excluding hydrogens is 421 g/mol. The van der Waals surface area contributed by atoms with Crippen LogP contribution < -0.4 is 15.4 Å². The van der Waals surface area contributed by atoms with E-state index in [9.17, 15) is 4.39 Å². The lowest BCUT2D eigenvalue weighted by Gasteiger charge is -2.38. The van der Waals surface area contributed by atoms with Crippen molar-refractivity contribution in [3.63, 3.8) is 0 Å². The molecule has 2 aromatic carbocycles. The van der Waals surface area contributed by atoms with Gasteiger partial charge < -0.3 is 15.4 Å². The highest BCUT2D eigenvalue weighted by atomic mass is 19.1. The van der Waals surface area contributed by atoms with Gasteiger partial charge in [-0.25, -0.2) is 19.3 Å². The van der Waals surface area contributed by atoms with E-state index in [1.54, 1.807) is 0 Å². The molecule has 1 aliphatic rings. The van der Waals surface area contributed by atoms with Crippen LogP contribution >= 0.6 is 0 Å². The van der Waals surface area contributed by atoms with Crippen molar-refractivity contribution >= 4 is 22.7 Å². The molecule has 33 heavy (non-hydrogen) atoms. The molecule has 2 aromatic heterocycles. The SMILES string of the molecule is C[C@H](c1ccc(F)cc1)N1CCN(c2cc(Oc3cccc4ncc(N)nc34)ncn2)CC1. The zero-order valence-corrected chi connectivity index (χ0v) is 18.2. The quantitative estimate of drug-likeness (QED) is 0.496. The molecule has 2 N–H and O–H groups in total. The van der Waals surface area contributed by atoms with Crippen molar-refractivity contribution in [3.05, 3.63) is 72.4 Å². The van der Waals surface area contributed by atoms with Gasteiger partial charge in [0.05, 0.1) is 11.7 Å². The predicted molar refractivity (Wildman–Crippen MR) is 125 cm³/mol. The van der Waals surface area contributed by atoms with Gasteiger partial charge in [-0.2, -0.15) is 0 Å². The number of nitrogens with two attached hydrogens (primary N) is 1. The molecule has 0 unspecified atom stereocenters. The van der Waals surface area contributed by atoms with Crippen LogP contribution in [-0.2, 0) is 0 Å². The standard InChI is InChI=1S/C24H24FN7O/c1-16(17-5-7-18(25)8-6-17)31-9-11-32(12-10-31)22-13-23(29-15-28-22)33-20-4-2-3-19-24(20)30-21(26)14-27-19/h2-8,13-16H,9-12H2,1H3,(H2,26,30)/t16-/m1/s1. The third-order valence-electron chi connectivity index (χ3n) is 5.93. The van der Waals surface area contributed by atoms with E-state index in [1.807, 2.05) is 36.4 Å². The lowest BCUT2D eigenvalue weighted by atomic mass is 10.1. The first-order chi connectivity index (χ1) is 16.1. The van der Waals surface area contributed by atoms with Gasteiger partial charge in [0.15, 0.2) is 5.75 Å². The maximum Gasteiger partial charge on any atom is 0.224 e. The van der Waals surface area contributed by atoms with Gasteiger partial charge in [0.1, 0.15) is 29.3 Å². The maximum absolute atomic E-state index is 13.2. The molecule has 3 heterocycles. The number of aromatic nitrogens is 4. The molecule has 9 heteroatoms. The number of rotatable bonds is 5. The summed E-state index contributed by atoms with van der Waals surface area (Å²) < 4.78 is 19.3. The van der Waals surface area contributed by atoms with E-state index < -0.39 is 0 Å². The third-order valence-corrected chi connectivity index (χ3v) is 5.93. The number of nitrogen functional groups attached to an aromatic ring is 1. The van der Waals surface area contributed by atoms with Crippen LogP contribution in [0.3, 0.4) is 0 Å². The molecule has 0 aliphatic carbocycles. The molecule has 1 saturated heterocycles. The smallest absolute Gasteiger partial charge is 0.224 e. The Kier molecular flexibility index (Phi) is 5.70. The summed E-state index contributed by atoms with van der Waals surface area (Å²) in [5.41, 5.74) is 8.20. The molecule has 1 atom stereocenters. The second-order valence-corrected chi connectivity index (χ2v) is 7.99. The summed E-state index contributed by atoms with van der Waals surface area (Å²) in [6.07, 6.45) is 3.02. The van der Waals surface area contributed by atoms with Crippen LogP contribution in [0.1, 0.15) is 18.5 Å². The van der Waals surface area contributed by atoms with Crippen LogP contribution in [0.25, 0.3) is 11.0 Å². The second kappa shape index (κ2) is 8.95. The van der Waals surface area contributed by atoms with Crippen LogP contribution in [0.4, 0.5) is 16.0 Å². The number of anilines is 2. The normalized spacial score (nSPS) is 15.5. The van der Waals surface area contributed by atoms with E-state index in [-0.39, 0.29) is 11.9 Å². The van der Waals surface area contributed by atoms with Crippen LogP contribution in [0, 0.1) is 5.82 Å². The average Bonchev–Trinajstić information content (AvgIpc) is 2.85. The topological polar surface area (TPSA) is 93.3 Å². The van der Waals surface area contributed by atoms with Gasteiger partial charge in [-0.1, -0.05) is 18.2 Å². The molecule has 168 valence electrons. The average molecular weight is 446 g/mol. The number of nitrogens with zero attached hydrogens (tertiary/aromatic N) is 6. The van der Waals surface area contributed by atoms with E-state index in [2.05, 4.69) is 36.7 Å². The fourth-order valence-electron chi connectivity index (χ4n) is 4.07. The summed E-state index contributed by atoms with van der Waals surface area (Å²) in [4.78, 5) is 22.0. The highest BCUT2D eigenvalue weighted by Crippen LogP contribution is 2.29. The zero-order valence-electron chi connectivity index (χ0n) is 18.2. The maximum atomic E-state index is 13.2. The number of hydrogen-bond donors (Lipinski definition) is 1. The first kappa shape index (κ1) is 21.0. The van der Waals surface area contributed by atoms with Gasteiger partial charge >= 0.3 is 0 Å². The number of benzene rings is 2. The van der Waals surface area contributed by atoms with E-state index in [0.29, 0.717) is 28.5 Å².